The number of imidazole rings is 1. The largest absolute Gasteiger partial charge is 0.381 e. The molecule has 1 unspecified atom stereocenters. The lowest BCUT2D eigenvalue weighted by molar-refractivity contribution is 0.193. The van der Waals surface area contributed by atoms with Gasteiger partial charge in [-0.25, -0.2) is 9.71 Å². The summed E-state index contributed by atoms with van der Waals surface area (Å²) in [4.78, 5) is 7.18. The van der Waals surface area contributed by atoms with E-state index >= 15 is 0 Å². The van der Waals surface area contributed by atoms with Crippen molar-refractivity contribution in [3.05, 3.63) is 11.5 Å². The average molecular weight is 257 g/mol. The standard InChI is InChI=1S/C8H11N5O3S/c9-6-5-8(13-17(14,15)12-6)11-7(10-5)4-1-2-16-3-4/h4,13H,1-3H2,(H2,9,12)(H,10,11). The molecule has 1 aromatic heterocycles. The van der Waals surface area contributed by atoms with Crippen molar-refractivity contribution in [2.24, 2.45) is 10.1 Å². The molecule has 1 atom stereocenters. The van der Waals surface area contributed by atoms with Gasteiger partial charge in [0.1, 0.15) is 11.5 Å². The Kier molecular flexibility index (Phi) is 2.13. The van der Waals surface area contributed by atoms with Gasteiger partial charge < -0.3 is 15.5 Å². The van der Waals surface area contributed by atoms with E-state index in [1.807, 2.05) is 0 Å². The number of nitrogens with one attached hydrogen (secondary N) is 2. The molecule has 8 nitrogen and oxygen atoms in total. The van der Waals surface area contributed by atoms with Gasteiger partial charge in [0, 0.05) is 12.5 Å². The van der Waals surface area contributed by atoms with Gasteiger partial charge in [-0.3, -0.25) is 0 Å². The van der Waals surface area contributed by atoms with Crippen molar-refractivity contribution in [1.29, 1.82) is 0 Å². The molecule has 3 rings (SSSR count). The van der Waals surface area contributed by atoms with Crippen molar-refractivity contribution in [2.75, 3.05) is 17.9 Å². The summed E-state index contributed by atoms with van der Waals surface area (Å²) in [5.41, 5.74) is 5.98. The zero-order valence-electron chi connectivity index (χ0n) is 8.80. The van der Waals surface area contributed by atoms with Crippen molar-refractivity contribution >= 4 is 21.9 Å². The van der Waals surface area contributed by atoms with Crippen molar-refractivity contribution in [1.82, 2.24) is 9.97 Å². The summed E-state index contributed by atoms with van der Waals surface area (Å²) in [6.07, 6.45) is 0.857. The topological polar surface area (TPSA) is 122 Å². The molecule has 0 bridgehead atoms. The summed E-state index contributed by atoms with van der Waals surface area (Å²) in [6.45, 7) is 1.27. The second-order valence-corrected chi connectivity index (χ2v) is 5.30. The molecule has 1 fully saturated rings. The molecule has 0 aromatic carbocycles. The zero-order valence-corrected chi connectivity index (χ0v) is 9.62. The van der Waals surface area contributed by atoms with Crippen LogP contribution in [-0.2, 0) is 14.9 Å². The van der Waals surface area contributed by atoms with Crippen LogP contribution in [0.1, 0.15) is 23.9 Å². The van der Waals surface area contributed by atoms with Gasteiger partial charge in [-0.15, -0.1) is 4.40 Å². The highest BCUT2D eigenvalue weighted by atomic mass is 32.2. The number of anilines is 1. The fourth-order valence-corrected chi connectivity index (χ4v) is 2.70. The van der Waals surface area contributed by atoms with E-state index in [1.54, 1.807) is 0 Å². The molecule has 0 saturated carbocycles. The minimum absolute atomic E-state index is 0.0728. The molecule has 0 amide bonds. The maximum atomic E-state index is 11.3. The van der Waals surface area contributed by atoms with Crippen LogP contribution < -0.4 is 10.5 Å². The monoisotopic (exact) mass is 257 g/mol. The van der Waals surface area contributed by atoms with E-state index in [9.17, 15) is 8.42 Å². The molecule has 1 aromatic rings. The second kappa shape index (κ2) is 3.44. The number of hydrogen-bond donors (Lipinski definition) is 3. The lowest BCUT2D eigenvalue weighted by Gasteiger charge is -2.08. The summed E-state index contributed by atoms with van der Waals surface area (Å²) < 4.78 is 33.4. The fraction of sp³-hybridized carbons (Fsp3) is 0.500. The highest BCUT2D eigenvalue weighted by Gasteiger charge is 2.28. The highest BCUT2D eigenvalue weighted by Crippen LogP contribution is 2.27. The first-order valence-electron chi connectivity index (χ1n) is 5.11. The summed E-state index contributed by atoms with van der Waals surface area (Å²) in [5, 5.41) is 0. The van der Waals surface area contributed by atoms with E-state index in [2.05, 4.69) is 19.1 Å². The first kappa shape index (κ1) is 10.5. The molecule has 17 heavy (non-hydrogen) atoms. The summed E-state index contributed by atoms with van der Waals surface area (Å²) in [7, 11) is -3.76. The molecule has 0 aliphatic carbocycles. The fourth-order valence-electron chi connectivity index (χ4n) is 1.91. The van der Waals surface area contributed by atoms with Gasteiger partial charge >= 0.3 is 10.2 Å². The molecule has 0 radical (unpaired) electrons. The summed E-state index contributed by atoms with van der Waals surface area (Å²) in [6, 6.07) is 0. The summed E-state index contributed by atoms with van der Waals surface area (Å²) in [5.74, 6) is 0.962. The number of aromatic nitrogens is 2. The molecule has 0 spiro atoms. The smallest absolute Gasteiger partial charge is 0.345 e. The average Bonchev–Trinajstić information content (AvgIpc) is 2.81. The molecule has 2 aliphatic heterocycles. The van der Waals surface area contributed by atoms with Crippen LogP contribution in [-0.4, -0.2) is 37.4 Å². The first-order valence-corrected chi connectivity index (χ1v) is 6.55. The molecule has 4 N–H and O–H groups in total. The number of H-pyrrole nitrogens is 1. The molecular weight excluding hydrogens is 246 g/mol. The van der Waals surface area contributed by atoms with Crippen molar-refractivity contribution in [3.8, 4) is 0 Å². The normalized spacial score (nSPS) is 26.1. The van der Waals surface area contributed by atoms with Gasteiger partial charge in [0.25, 0.3) is 0 Å². The Balaban J connectivity index is 2.02. The third kappa shape index (κ3) is 1.76. The van der Waals surface area contributed by atoms with Crippen LogP contribution in [0.2, 0.25) is 0 Å². The van der Waals surface area contributed by atoms with E-state index in [0.29, 0.717) is 24.7 Å². The Labute approximate surface area is 97.5 Å². The van der Waals surface area contributed by atoms with Crippen LogP contribution in [0.4, 0.5) is 5.82 Å². The number of nitrogens with zero attached hydrogens (tertiary/aromatic N) is 2. The molecule has 1 saturated heterocycles. The van der Waals surface area contributed by atoms with Crippen LogP contribution in [0.15, 0.2) is 4.40 Å². The van der Waals surface area contributed by atoms with Crippen LogP contribution in [0, 0.1) is 0 Å². The first-order chi connectivity index (χ1) is 8.05. The molecule has 9 heteroatoms. The lowest BCUT2D eigenvalue weighted by Crippen LogP contribution is -2.26. The highest BCUT2D eigenvalue weighted by molar-refractivity contribution is 7.91. The van der Waals surface area contributed by atoms with E-state index in [0.717, 1.165) is 6.42 Å². The lowest BCUT2D eigenvalue weighted by atomic mass is 10.1. The van der Waals surface area contributed by atoms with Crippen LogP contribution in [0.3, 0.4) is 0 Å². The number of hydrogen-bond acceptors (Lipinski definition) is 5. The van der Waals surface area contributed by atoms with Gasteiger partial charge in [0.15, 0.2) is 11.7 Å². The van der Waals surface area contributed by atoms with Crippen molar-refractivity contribution in [3.63, 3.8) is 0 Å². The zero-order chi connectivity index (χ0) is 12.0. The number of fused-ring (bicyclic) bond motifs is 1. The van der Waals surface area contributed by atoms with E-state index < -0.39 is 10.2 Å². The van der Waals surface area contributed by atoms with Crippen LogP contribution in [0.25, 0.3) is 0 Å². The van der Waals surface area contributed by atoms with Crippen molar-refractivity contribution < 1.29 is 13.2 Å². The van der Waals surface area contributed by atoms with E-state index in [4.69, 9.17) is 10.5 Å². The van der Waals surface area contributed by atoms with Crippen molar-refractivity contribution in [2.45, 2.75) is 12.3 Å². The molecule has 92 valence electrons. The van der Waals surface area contributed by atoms with Gasteiger partial charge in [-0.1, -0.05) is 0 Å². The maximum Gasteiger partial charge on any atom is 0.345 e. The Hall–Kier alpha value is -1.61. The molecule has 2 aliphatic rings. The quantitative estimate of drug-likeness (QED) is 0.613. The van der Waals surface area contributed by atoms with Gasteiger partial charge in [-0.2, -0.15) is 8.42 Å². The van der Waals surface area contributed by atoms with Crippen LogP contribution >= 0.6 is 0 Å². The molecular formula is C8H11N5O3S. The summed E-state index contributed by atoms with van der Waals surface area (Å²) >= 11 is 0. The predicted molar refractivity (Wildman–Crippen MR) is 60.0 cm³/mol. The third-order valence-electron chi connectivity index (χ3n) is 2.74. The van der Waals surface area contributed by atoms with E-state index in [-0.39, 0.29) is 17.6 Å². The Morgan fingerprint density at radius 3 is 3.00 bits per heavy atom. The number of amidine groups is 1. The van der Waals surface area contributed by atoms with E-state index in [1.165, 1.54) is 0 Å². The Morgan fingerprint density at radius 1 is 1.47 bits per heavy atom. The van der Waals surface area contributed by atoms with Gasteiger partial charge in [-0.05, 0) is 6.42 Å². The Bertz CT molecular complexity index is 584. The van der Waals surface area contributed by atoms with Gasteiger partial charge in [0.05, 0.1) is 6.61 Å². The number of rotatable bonds is 1. The predicted octanol–water partition coefficient (Wildman–Crippen LogP) is -0.711. The number of ether oxygens (including phenoxy) is 1. The Morgan fingerprint density at radius 2 is 2.29 bits per heavy atom. The maximum absolute atomic E-state index is 11.3. The minimum Gasteiger partial charge on any atom is -0.381 e. The minimum atomic E-state index is -3.76. The van der Waals surface area contributed by atoms with Crippen LogP contribution in [0.5, 0.6) is 0 Å². The molecule has 3 heterocycles. The number of nitrogens with two attached hydrogens (primary N) is 1. The SMILES string of the molecule is NC1=NS(=O)(=O)Nc2nc(C3CCOC3)[nH]c21. The second-order valence-electron chi connectivity index (χ2n) is 3.96. The number of aromatic amines is 1. The van der Waals surface area contributed by atoms with Gasteiger partial charge in [0.2, 0.25) is 0 Å². The third-order valence-corrected chi connectivity index (χ3v) is 3.63.